The number of fused-ring (bicyclic) bond motifs is 1. The highest BCUT2D eigenvalue weighted by molar-refractivity contribution is 5.39. The van der Waals surface area contributed by atoms with Gasteiger partial charge in [-0.1, -0.05) is 32.0 Å². The number of aliphatic hydroxyl groups is 1. The molecule has 2 aliphatic rings. The molecule has 0 spiro atoms. The molecule has 1 aromatic carbocycles. The molecule has 1 aliphatic carbocycles. The molecule has 0 bridgehead atoms. The molecule has 1 unspecified atom stereocenters. The van der Waals surface area contributed by atoms with Crippen LogP contribution >= 0.6 is 0 Å². The minimum Gasteiger partial charge on any atom is -0.493 e. The Kier molecular flexibility index (Phi) is 3.98. The first-order valence-corrected chi connectivity index (χ1v) is 8.12. The van der Waals surface area contributed by atoms with Gasteiger partial charge in [-0.3, -0.25) is 0 Å². The first kappa shape index (κ1) is 14.9. The molecule has 0 saturated heterocycles. The zero-order valence-electron chi connectivity index (χ0n) is 13.2. The quantitative estimate of drug-likeness (QED) is 0.895. The van der Waals surface area contributed by atoms with Crippen LogP contribution in [-0.4, -0.2) is 30.4 Å². The second-order valence-electron chi connectivity index (χ2n) is 7.57. The molecule has 0 radical (unpaired) electrons. The molecule has 1 fully saturated rings. The SMILES string of the molecule is CC1(C)CCC(O)(CNCC2COc3ccccc32)CC1. The lowest BCUT2D eigenvalue weighted by Gasteiger charge is -2.40. The van der Waals surface area contributed by atoms with Crippen LogP contribution in [0.2, 0.25) is 0 Å². The summed E-state index contributed by atoms with van der Waals surface area (Å²) in [6.45, 7) is 6.92. The van der Waals surface area contributed by atoms with Gasteiger partial charge in [-0.15, -0.1) is 0 Å². The molecule has 3 heteroatoms. The van der Waals surface area contributed by atoms with Crippen LogP contribution < -0.4 is 10.1 Å². The third-order valence-corrected chi connectivity index (χ3v) is 5.18. The molecular weight excluding hydrogens is 262 g/mol. The first-order chi connectivity index (χ1) is 9.98. The van der Waals surface area contributed by atoms with E-state index in [4.69, 9.17) is 4.74 Å². The summed E-state index contributed by atoms with van der Waals surface area (Å²) in [4.78, 5) is 0. The van der Waals surface area contributed by atoms with Crippen LogP contribution in [0.15, 0.2) is 24.3 Å². The van der Waals surface area contributed by atoms with Crippen molar-refractivity contribution in [3.8, 4) is 5.75 Å². The number of rotatable bonds is 4. The van der Waals surface area contributed by atoms with Crippen molar-refractivity contribution in [2.24, 2.45) is 5.41 Å². The van der Waals surface area contributed by atoms with E-state index in [-0.39, 0.29) is 0 Å². The summed E-state index contributed by atoms with van der Waals surface area (Å²) in [5, 5.41) is 14.2. The average Bonchev–Trinajstić information content (AvgIpc) is 2.87. The Balaban J connectivity index is 1.49. The Morgan fingerprint density at radius 2 is 1.90 bits per heavy atom. The summed E-state index contributed by atoms with van der Waals surface area (Å²) in [6, 6.07) is 8.26. The van der Waals surface area contributed by atoms with Crippen molar-refractivity contribution in [3.05, 3.63) is 29.8 Å². The van der Waals surface area contributed by atoms with Gasteiger partial charge in [-0.25, -0.2) is 0 Å². The molecule has 1 saturated carbocycles. The number of nitrogens with one attached hydrogen (secondary N) is 1. The Morgan fingerprint density at radius 1 is 1.19 bits per heavy atom. The lowest BCUT2D eigenvalue weighted by atomic mass is 9.71. The summed E-state index contributed by atoms with van der Waals surface area (Å²) in [6.07, 6.45) is 4.04. The van der Waals surface area contributed by atoms with Gasteiger partial charge in [-0.05, 0) is 37.2 Å². The van der Waals surface area contributed by atoms with Crippen LogP contribution in [-0.2, 0) is 0 Å². The molecule has 1 aromatic rings. The van der Waals surface area contributed by atoms with Gasteiger partial charge in [0.2, 0.25) is 0 Å². The van der Waals surface area contributed by atoms with Gasteiger partial charge in [0.15, 0.2) is 0 Å². The minimum absolute atomic E-state index is 0.393. The second-order valence-corrected chi connectivity index (χ2v) is 7.57. The number of hydrogen-bond acceptors (Lipinski definition) is 3. The Morgan fingerprint density at radius 3 is 2.67 bits per heavy atom. The van der Waals surface area contributed by atoms with Gasteiger partial charge in [0.05, 0.1) is 12.2 Å². The van der Waals surface area contributed by atoms with E-state index in [1.165, 1.54) is 5.56 Å². The fraction of sp³-hybridized carbons (Fsp3) is 0.667. The highest BCUT2D eigenvalue weighted by Gasteiger charge is 2.36. The molecule has 21 heavy (non-hydrogen) atoms. The molecule has 1 atom stereocenters. The topological polar surface area (TPSA) is 41.5 Å². The predicted molar refractivity (Wildman–Crippen MR) is 84.7 cm³/mol. The van der Waals surface area contributed by atoms with E-state index < -0.39 is 5.60 Å². The maximum atomic E-state index is 10.7. The highest BCUT2D eigenvalue weighted by Crippen LogP contribution is 2.40. The first-order valence-electron chi connectivity index (χ1n) is 8.12. The summed E-state index contributed by atoms with van der Waals surface area (Å²) in [5.41, 5.74) is 1.17. The zero-order chi connectivity index (χ0) is 14.9. The summed E-state index contributed by atoms with van der Waals surface area (Å²) in [7, 11) is 0. The summed E-state index contributed by atoms with van der Waals surface area (Å²) < 4.78 is 5.70. The monoisotopic (exact) mass is 289 g/mol. The molecule has 1 heterocycles. The second kappa shape index (κ2) is 5.62. The van der Waals surface area contributed by atoms with E-state index in [1.54, 1.807) is 0 Å². The molecule has 2 N–H and O–H groups in total. The van der Waals surface area contributed by atoms with Crippen molar-refractivity contribution in [2.45, 2.75) is 51.0 Å². The van der Waals surface area contributed by atoms with Crippen LogP contribution in [0.4, 0.5) is 0 Å². The van der Waals surface area contributed by atoms with Crippen molar-refractivity contribution in [1.82, 2.24) is 5.32 Å². The lowest BCUT2D eigenvalue weighted by molar-refractivity contribution is -0.0244. The van der Waals surface area contributed by atoms with Crippen LogP contribution in [0.25, 0.3) is 0 Å². The van der Waals surface area contributed by atoms with Gasteiger partial charge < -0.3 is 15.2 Å². The number of benzene rings is 1. The van der Waals surface area contributed by atoms with Crippen molar-refractivity contribution in [1.29, 1.82) is 0 Å². The van der Waals surface area contributed by atoms with Crippen LogP contribution in [0.3, 0.4) is 0 Å². The van der Waals surface area contributed by atoms with Crippen molar-refractivity contribution < 1.29 is 9.84 Å². The number of para-hydroxylation sites is 1. The van der Waals surface area contributed by atoms with E-state index in [0.29, 0.717) is 17.9 Å². The Bertz CT molecular complexity index is 488. The smallest absolute Gasteiger partial charge is 0.122 e. The molecule has 3 rings (SSSR count). The van der Waals surface area contributed by atoms with Crippen molar-refractivity contribution in [2.75, 3.05) is 19.7 Å². The van der Waals surface area contributed by atoms with Crippen molar-refractivity contribution >= 4 is 0 Å². The summed E-state index contributed by atoms with van der Waals surface area (Å²) in [5.74, 6) is 1.42. The van der Waals surface area contributed by atoms with Gasteiger partial charge in [-0.2, -0.15) is 0 Å². The Labute approximate surface area is 127 Å². The predicted octanol–water partition coefficient (Wildman–Crippen LogP) is 3.08. The molecule has 1 aliphatic heterocycles. The molecular formula is C18H27NO2. The van der Waals surface area contributed by atoms with Gasteiger partial charge in [0, 0.05) is 24.6 Å². The van der Waals surface area contributed by atoms with Crippen LogP contribution in [0, 0.1) is 5.41 Å². The van der Waals surface area contributed by atoms with Crippen molar-refractivity contribution in [3.63, 3.8) is 0 Å². The van der Waals surface area contributed by atoms with Gasteiger partial charge in [0.25, 0.3) is 0 Å². The molecule has 0 aromatic heterocycles. The fourth-order valence-corrected chi connectivity index (χ4v) is 3.45. The normalized spacial score (nSPS) is 26.1. The van der Waals surface area contributed by atoms with E-state index in [2.05, 4.69) is 31.3 Å². The molecule has 116 valence electrons. The standard InChI is InChI=1S/C18H27NO2/c1-17(2)7-9-18(20,10-8-17)13-19-11-14-12-21-16-6-4-3-5-15(14)16/h3-6,14,19-20H,7-13H2,1-2H3. The fourth-order valence-electron chi connectivity index (χ4n) is 3.45. The minimum atomic E-state index is -0.519. The van der Waals surface area contributed by atoms with E-state index in [1.807, 2.05) is 12.1 Å². The maximum Gasteiger partial charge on any atom is 0.122 e. The van der Waals surface area contributed by atoms with E-state index in [0.717, 1.165) is 44.6 Å². The highest BCUT2D eigenvalue weighted by atomic mass is 16.5. The number of hydrogen-bond donors (Lipinski definition) is 2. The van der Waals surface area contributed by atoms with E-state index >= 15 is 0 Å². The van der Waals surface area contributed by atoms with Crippen LogP contribution in [0.5, 0.6) is 5.75 Å². The molecule has 3 nitrogen and oxygen atoms in total. The zero-order valence-corrected chi connectivity index (χ0v) is 13.2. The van der Waals surface area contributed by atoms with E-state index in [9.17, 15) is 5.11 Å². The average molecular weight is 289 g/mol. The summed E-state index contributed by atoms with van der Waals surface area (Å²) >= 11 is 0. The van der Waals surface area contributed by atoms with Gasteiger partial charge in [0.1, 0.15) is 5.75 Å². The lowest BCUT2D eigenvalue weighted by Crippen LogP contribution is -2.45. The molecule has 0 amide bonds. The Hall–Kier alpha value is -1.06. The van der Waals surface area contributed by atoms with Crippen LogP contribution in [0.1, 0.15) is 51.0 Å². The largest absolute Gasteiger partial charge is 0.493 e. The third-order valence-electron chi connectivity index (χ3n) is 5.18. The van der Waals surface area contributed by atoms with Gasteiger partial charge >= 0.3 is 0 Å². The third kappa shape index (κ3) is 3.41. The number of ether oxygens (including phenoxy) is 1. The maximum absolute atomic E-state index is 10.7.